The molecule has 0 aliphatic heterocycles. The highest BCUT2D eigenvalue weighted by atomic mass is 16.5. The van der Waals surface area contributed by atoms with E-state index in [4.69, 9.17) is 4.74 Å². The molecule has 24 heavy (non-hydrogen) atoms. The molecular formula is C17H14N6O. The van der Waals surface area contributed by atoms with Gasteiger partial charge < -0.3 is 10.1 Å². The van der Waals surface area contributed by atoms with Gasteiger partial charge in [0.15, 0.2) is 5.65 Å². The summed E-state index contributed by atoms with van der Waals surface area (Å²) in [4.78, 5) is 13.1. The quantitative estimate of drug-likeness (QED) is 0.623. The minimum atomic E-state index is 0.471. The third kappa shape index (κ3) is 2.63. The van der Waals surface area contributed by atoms with Crippen LogP contribution in [0.4, 0.5) is 11.6 Å². The summed E-state index contributed by atoms with van der Waals surface area (Å²) in [6, 6.07) is 13.6. The lowest BCUT2D eigenvalue weighted by atomic mass is 10.2. The molecule has 4 aromatic rings. The fourth-order valence-corrected chi connectivity index (χ4v) is 2.37. The Morgan fingerprint density at radius 3 is 2.62 bits per heavy atom. The van der Waals surface area contributed by atoms with Gasteiger partial charge in [-0.1, -0.05) is 18.2 Å². The van der Waals surface area contributed by atoms with E-state index < -0.39 is 0 Å². The summed E-state index contributed by atoms with van der Waals surface area (Å²) in [5.41, 5.74) is 3.19. The highest BCUT2D eigenvalue weighted by Crippen LogP contribution is 2.23. The van der Waals surface area contributed by atoms with Gasteiger partial charge in [-0.3, -0.25) is 0 Å². The third-order valence-electron chi connectivity index (χ3n) is 3.51. The number of rotatable bonds is 4. The fraction of sp³-hybridized carbons (Fsp3) is 0.0588. The van der Waals surface area contributed by atoms with Gasteiger partial charge in [0.2, 0.25) is 11.8 Å². The van der Waals surface area contributed by atoms with Gasteiger partial charge in [0.25, 0.3) is 0 Å². The van der Waals surface area contributed by atoms with Crippen molar-refractivity contribution in [2.75, 3.05) is 12.4 Å². The monoisotopic (exact) mass is 318 g/mol. The van der Waals surface area contributed by atoms with Crippen molar-refractivity contribution in [1.82, 2.24) is 24.6 Å². The summed E-state index contributed by atoms with van der Waals surface area (Å²) in [6.07, 6.45) is 5.09. The van der Waals surface area contributed by atoms with E-state index in [0.29, 0.717) is 23.2 Å². The van der Waals surface area contributed by atoms with Crippen molar-refractivity contribution in [1.29, 1.82) is 0 Å². The molecule has 0 amide bonds. The average molecular weight is 318 g/mol. The Kier molecular flexibility index (Phi) is 3.51. The zero-order valence-corrected chi connectivity index (χ0v) is 12.9. The van der Waals surface area contributed by atoms with Gasteiger partial charge in [0.1, 0.15) is 0 Å². The Bertz CT molecular complexity index is 965. The second kappa shape index (κ2) is 5.96. The van der Waals surface area contributed by atoms with Gasteiger partial charge >= 0.3 is 0 Å². The highest BCUT2D eigenvalue weighted by molar-refractivity contribution is 5.75. The first-order valence-corrected chi connectivity index (χ1v) is 7.37. The fourth-order valence-electron chi connectivity index (χ4n) is 2.37. The van der Waals surface area contributed by atoms with E-state index in [1.54, 1.807) is 24.0 Å². The van der Waals surface area contributed by atoms with Crippen LogP contribution in [0.15, 0.2) is 61.1 Å². The molecule has 0 atom stereocenters. The van der Waals surface area contributed by atoms with Crippen LogP contribution in [-0.2, 0) is 0 Å². The van der Waals surface area contributed by atoms with E-state index in [0.717, 1.165) is 11.3 Å². The molecule has 0 aliphatic rings. The van der Waals surface area contributed by atoms with E-state index in [1.807, 2.05) is 48.7 Å². The first-order valence-electron chi connectivity index (χ1n) is 7.37. The van der Waals surface area contributed by atoms with Crippen LogP contribution in [0, 0.1) is 0 Å². The molecule has 7 heteroatoms. The molecule has 4 rings (SSSR count). The van der Waals surface area contributed by atoms with Crippen molar-refractivity contribution < 1.29 is 4.74 Å². The van der Waals surface area contributed by atoms with Crippen LogP contribution in [0.2, 0.25) is 0 Å². The van der Waals surface area contributed by atoms with Crippen LogP contribution in [0.25, 0.3) is 16.9 Å². The number of nitrogens with zero attached hydrogens (tertiary/aromatic N) is 5. The van der Waals surface area contributed by atoms with E-state index in [2.05, 4.69) is 25.4 Å². The molecule has 0 radical (unpaired) electrons. The van der Waals surface area contributed by atoms with E-state index in [-0.39, 0.29) is 0 Å². The molecule has 0 saturated carbocycles. The van der Waals surface area contributed by atoms with Crippen molar-refractivity contribution in [2.45, 2.75) is 0 Å². The van der Waals surface area contributed by atoms with E-state index in [1.165, 1.54) is 0 Å². The number of hydrogen-bond donors (Lipinski definition) is 1. The van der Waals surface area contributed by atoms with Gasteiger partial charge in [0.05, 0.1) is 25.2 Å². The van der Waals surface area contributed by atoms with E-state index in [9.17, 15) is 0 Å². The first-order chi connectivity index (χ1) is 11.8. The van der Waals surface area contributed by atoms with Crippen molar-refractivity contribution >= 4 is 17.3 Å². The number of aromatic nitrogens is 5. The molecule has 0 spiro atoms. The number of anilines is 2. The van der Waals surface area contributed by atoms with Gasteiger partial charge in [-0.05, 0) is 24.3 Å². The standard InChI is InChI=1S/C17H14N6O/c1-24-15-11-18-14(10-19-15)13-8-5-9-23-16(13)21-17(22-23)20-12-6-3-2-4-7-12/h2-11H,1H3,(H,20,22). The van der Waals surface area contributed by atoms with Crippen LogP contribution < -0.4 is 10.1 Å². The summed E-state index contributed by atoms with van der Waals surface area (Å²) in [5, 5.41) is 7.64. The van der Waals surface area contributed by atoms with Crippen molar-refractivity contribution in [3.8, 4) is 17.1 Å². The smallest absolute Gasteiger partial charge is 0.247 e. The summed E-state index contributed by atoms with van der Waals surface area (Å²) < 4.78 is 6.76. The molecule has 3 aromatic heterocycles. The highest BCUT2D eigenvalue weighted by Gasteiger charge is 2.11. The Labute approximate surface area is 138 Å². The maximum Gasteiger partial charge on any atom is 0.247 e. The molecule has 0 bridgehead atoms. The van der Waals surface area contributed by atoms with Gasteiger partial charge in [-0.25, -0.2) is 14.5 Å². The maximum absolute atomic E-state index is 5.05. The molecule has 0 fully saturated rings. The second-order valence-corrected chi connectivity index (χ2v) is 5.06. The van der Waals surface area contributed by atoms with Gasteiger partial charge in [-0.2, -0.15) is 4.98 Å². The predicted molar refractivity (Wildman–Crippen MR) is 90.3 cm³/mol. The topological polar surface area (TPSA) is 77.2 Å². The molecule has 7 nitrogen and oxygen atoms in total. The van der Waals surface area contributed by atoms with E-state index >= 15 is 0 Å². The Morgan fingerprint density at radius 1 is 1.00 bits per heavy atom. The van der Waals surface area contributed by atoms with Crippen molar-refractivity contribution in [3.05, 3.63) is 61.1 Å². The summed E-state index contributed by atoms with van der Waals surface area (Å²) >= 11 is 0. The number of hydrogen-bond acceptors (Lipinski definition) is 6. The maximum atomic E-state index is 5.05. The minimum absolute atomic E-state index is 0.471. The summed E-state index contributed by atoms with van der Waals surface area (Å²) in [5.74, 6) is 0.994. The molecular weight excluding hydrogens is 304 g/mol. The summed E-state index contributed by atoms with van der Waals surface area (Å²) in [7, 11) is 1.56. The number of methoxy groups -OCH3 is 1. The zero-order valence-electron chi connectivity index (χ0n) is 12.9. The predicted octanol–water partition coefficient (Wildman–Crippen LogP) is 2.94. The number of benzene rings is 1. The molecule has 0 aliphatic carbocycles. The molecule has 1 aromatic carbocycles. The minimum Gasteiger partial charge on any atom is -0.480 e. The lowest BCUT2D eigenvalue weighted by Gasteiger charge is -2.02. The number of fused-ring (bicyclic) bond motifs is 1. The second-order valence-electron chi connectivity index (χ2n) is 5.06. The molecule has 118 valence electrons. The Hall–Kier alpha value is -3.48. The molecule has 0 saturated heterocycles. The van der Waals surface area contributed by atoms with Gasteiger partial charge in [-0.15, -0.1) is 5.10 Å². The van der Waals surface area contributed by atoms with Crippen LogP contribution in [-0.4, -0.2) is 31.7 Å². The number of ether oxygens (including phenoxy) is 1. The average Bonchev–Trinajstić information content (AvgIpc) is 3.05. The lowest BCUT2D eigenvalue weighted by molar-refractivity contribution is 0.396. The zero-order chi connectivity index (χ0) is 16.4. The van der Waals surface area contributed by atoms with Crippen molar-refractivity contribution in [3.63, 3.8) is 0 Å². The van der Waals surface area contributed by atoms with Crippen LogP contribution >= 0.6 is 0 Å². The molecule has 0 unspecified atom stereocenters. The number of para-hydroxylation sites is 1. The third-order valence-corrected chi connectivity index (χ3v) is 3.51. The van der Waals surface area contributed by atoms with Crippen LogP contribution in [0.1, 0.15) is 0 Å². The largest absolute Gasteiger partial charge is 0.480 e. The van der Waals surface area contributed by atoms with Gasteiger partial charge in [0, 0.05) is 17.4 Å². The number of pyridine rings is 1. The Morgan fingerprint density at radius 2 is 1.88 bits per heavy atom. The molecule has 1 N–H and O–H groups in total. The van der Waals surface area contributed by atoms with Crippen LogP contribution in [0.5, 0.6) is 5.88 Å². The summed E-state index contributed by atoms with van der Waals surface area (Å²) in [6.45, 7) is 0. The SMILES string of the molecule is COc1cnc(-c2cccn3nc(Nc4ccccc4)nc23)cn1. The Balaban J connectivity index is 1.74. The van der Waals surface area contributed by atoms with Crippen molar-refractivity contribution in [2.24, 2.45) is 0 Å². The molecule has 3 heterocycles. The normalized spacial score (nSPS) is 10.7. The van der Waals surface area contributed by atoms with Crippen LogP contribution in [0.3, 0.4) is 0 Å². The number of nitrogens with one attached hydrogen (secondary N) is 1. The lowest BCUT2D eigenvalue weighted by Crippen LogP contribution is -1.94. The first kappa shape index (κ1) is 14.1.